The Morgan fingerprint density at radius 2 is 0.917 bits per heavy atom. The minimum absolute atomic E-state index is 0.676. The fourth-order valence-corrected chi connectivity index (χ4v) is 5.92. The lowest BCUT2D eigenvalue weighted by atomic mass is 10.0. The lowest BCUT2D eigenvalue weighted by Crippen LogP contribution is -1.98. The number of hydrogen-bond acceptors (Lipinski definition) is 5. The predicted molar refractivity (Wildman–Crippen MR) is 198 cm³/mol. The lowest BCUT2D eigenvalue weighted by Gasteiger charge is -2.08. The molecule has 1 aromatic heterocycles. The van der Waals surface area contributed by atoms with E-state index in [9.17, 15) is 0 Å². The minimum Gasteiger partial charge on any atom is -0.494 e. The van der Waals surface area contributed by atoms with Gasteiger partial charge in [0.15, 0.2) is 5.82 Å². The highest BCUT2D eigenvalue weighted by Gasteiger charge is 2.04. The molecule has 254 valence electrons. The molecule has 0 fully saturated rings. The van der Waals surface area contributed by atoms with Crippen LogP contribution < -0.4 is 9.47 Å². The standard InChI is InChI=1S/C43H55N3O2/c1-2-3-4-5-6-7-8-9-12-15-18-37-34-45-43(46-35-37)40-25-29-42(30-26-40)48-32-17-14-11-10-13-16-31-47-41-27-23-39(24-28-41)38-21-19-36(33-44)20-22-38/h19-30,34-35H,2-18,31-32H2,1H3. The first-order valence-corrected chi connectivity index (χ1v) is 18.5. The maximum Gasteiger partial charge on any atom is 0.159 e. The number of benzene rings is 3. The molecule has 0 N–H and O–H groups in total. The van der Waals surface area contributed by atoms with Crippen molar-refractivity contribution in [2.75, 3.05) is 13.2 Å². The van der Waals surface area contributed by atoms with Crippen LogP contribution in [-0.4, -0.2) is 23.2 Å². The molecule has 1 heterocycles. The molecule has 0 amide bonds. The van der Waals surface area contributed by atoms with Gasteiger partial charge in [0.25, 0.3) is 0 Å². The quantitative estimate of drug-likeness (QED) is 0.0709. The molecule has 0 saturated carbocycles. The highest BCUT2D eigenvalue weighted by Crippen LogP contribution is 2.24. The van der Waals surface area contributed by atoms with Crippen LogP contribution in [0.25, 0.3) is 22.5 Å². The molecule has 0 aliphatic heterocycles. The summed E-state index contributed by atoms with van der Waals surface area (Å²) in [5, 5.41) is 8.97. The third-order valence-corrected chi connectivity index (χ3v) is 8.91. The summed E-state index contributed by atoms with van der Waals surface area (Å²) in [5.41, 5.74) is 5.16. The van der Waals surface area contributed by atoms with E-state index in [1.807, 2.05) is 60.9 Å². The number of rotatable bonds is 24. The maximum absolute atomic E-state index is 8.97. The molecule has 4 rings (SSSR count). The van der Waals surface area contributed by atoms with Gasteiger partial charge in [-0.3, -0.25) is 0 Å². The van der Waals surface area contributed by atoms with Crippen molar-refractivity contribution >= 4 is 0 Å². The van der Waals surface area contributed by atoms with Crippen LogP contribution in [0.5, 0.6) is 11.5 Å². The summed E-state index contributed by atoms with van der Waals surface area (Å²) < 4.78 is 11.9. The average molecular weight is 646 g/mol. The van der Waals surface area contributed by atoms with E-state index in [4.69, 9.17) is 14.7 Å². The van der Waals surface area contributed by atoms with E-state index < -0.39 is 0 Å². The first-order valence-electron chi connectivity index (χ1n) is 18.5. The topological polar surface area (TPSA) is 68.0 Å². The van der Waals surface area contributed by atoms with Crippen molar-refractivity contribution in [2.24, 2.45) is 0 Å². The number of nitriles is 1. The monoisotopic (exact) mass is 645 g/mol. The summed E-state index contributed by atoms with van der Waals surface area (Å²) in [5.74, 6) is 2.58. The van der Waals surface area contributed by atoms with Crippen molar-refractivity contribution in [3.8, 4) is 40.1 Å². The predicted octanol–water partition coefficient (Wildman–Crippen LogP) is 11.9. The summed E-state index contributed by atoms with van der Waals surface area (Å²) in [7, 11) is 0. The van der Waals surface area contributed by atoms with Gasteiger partial charge >= 0.3 is 0 Å². The average Bonchev–Trinajstić information content (AvgIpc) is 3.14. The van der Waals surface area contributed by atoms with Crippen LogP contribution in [0.15, 0.2) is 85.2 Å². The molecule has 0 atom stereocenters. The van der Waals surface area contributed by atoms with Gasteiger partial charge < -0.3 is 9.47 Å². The number of ether oxygens (including phenoxy) is 2. The van der Waals surface area contributed by atoms with Crippen molar-refractivity contribution in [1.29, 1.82) is 5.26 Å². The fourth-order valence-electron chi connectivity index (χ4n) is 5.92. The minimum atomic E-state index is 0.676. The highest BCUT2D eigenvalue weighted by molar-refractivity contribution is 5.65. The zero-order valence-electron chi connectivity index (χ0n) is 29.2. The lowest BCUT2D eigenvalue weighted by molar-refractivity contribution is 0.297. The Morgan fingerprint density at radius 1 is 0.500 bits per heavy atom. The van der Waals surface area contributed by atoms with E-state index >= 15 is 0 Å². The van der Waals surface area contributed by atoms with Crippen LogP contribution in [-0.2, 0) is 6.42 Å². The first-order chi connectivity index (χ1) is 23.7. The number of aromatic nitrogens is 2. The van der Waals surface area contributed by atoms with Gasteiger partial charge in [-0.2, -0.15) is 5.26 Å². The van der Waals surface area contributed by atoms with Crippen molar-refractivity contribution in [3.05, 3.63) is 96.3 Å². The second-order valence-corrected chi connectivity index (χ2v) is 12.9. The molecule has 48 heavy (non-hydrogen) atoms. The molecule has 5 nitrogen and oxygen atoms in total. The third kappa shape index (κ3) is 13.9. The number of hydrogen-bond donors (Lipinski definition) is 0. The molecule has 0 aliphatic carbocycles. The fraction of sp³-hybridized carbons (Fsp3) is 0.465. The number of nitrogens with zero attached hydrogens (tertiary/aromatic N) is 3. The van der Waals surface area contributed by atoms with Crippen LogP contribution in [0.1, 0.15) is 121 Å². The van der Waals surface area contributed by atoms with Gasteiger partial charge in [-0.05, 0) is 90.9 Å². The molecular formula is C43H55N3O2. The van der Waals surface area contributed by atoms with E-state index in [-0.39, 0.29) is 0 Å². The SMILES string of the molecule is CCCCCCCCCCCCc1cnc(-c2ccc(OCCCCCCCCOc3ccc(-c4ccc(C#N)cc4)cc3)cc2)nc1. The molecule has 3 aromatic carbocycles. The van der Waals surface area contributed by atoms with Crippen molar-refractivity contribution < 1.29 is 9.47 Å². The highest BCUT2D eigenvalue weighted by atomic mass is 16.5. The second kappa shape index (κ2) is 22.4. The summed E-state index contributed by atoms with van der Waals surface area (Å²) >= 11 is 0. The molecule has 4 aromatic rings. The Kier molecular flexibility index (Phi) is 17.1. The van der Waals surface area contributed by atoms with E-state index in [1.165, 1.54) is 95.5 Å². The van der Waals surface area contributed by atoms with Crippen LogP contribution in [0.3, 0.4) is 0 Å². The molecule has 0 radical (unpaired) electrons. The van der Waals surface area contributed by atoms with Gasteiger partial charge in [0.2, 0.25) is 0 Å². The Hall–Kier alpha value is -4.17. The van der Waals surface area contributed by atoms with Crippen LogP contribution >= 0.6 is 0 Å². The molecular weight excluding hydrogens is 590 g/mol. The van der Waals surface area contributed by atoms with Crippen molar-refractivity contribution in [3.63, 3.8) is 0 Å². The van der Waals surface area contributed by atoms with Crippen molar-refractivity contribution in [1.82, 2.24) is 9.97 Å². The van der Waals surface area contributed by atoms with Crippen LogP contribution in [0, 0.1) is 11.3 Å². The maximum atomic E-state index is 8.97. The van der Waals surface area contributed by atoms with Crippen LogP contribution in [0.2, 0.25) is 0 Å². The summed E-state index contributed by atoms with van der Waals surface area (Å²) in [6.07, 6.45) is 25.5. The van der Waals surface area contributed by atoms with Gasteiger partial charge in [0, 0.05) is 18.0 Å². The number of unbranched alkanes of at least 4 members (excludes halogenated alkanes) is 14. The normalized spacial score (nSPS) is 10.9. The Balaban J connectivity index is 0.988. The summed E-state index contributed by atoms with van der Waals surface area (Å²) in [4.78, 5) is 9.26. The zero-order valence-corrected chi connectivity index (χ0v) is 29.2. The molecule has 0 spiro atoms. The van der Waals surface area contributed by atoms with E-state index in [1.54, 1.807) is 0 Å². The molecule has 0 saturated heterocycles. The third-order valence-electron chi connectivity index (χ3n) is 8.91. The van der Waals surface area contributed by atoms with Crippen molar-refractivity contribution in [2.45, 2.75) is 116 Å². The van der Waals surface area contributed by atoms with Gasteiger partial charge in [0.05, 0.1) is 24.8 Å². The zero-order chi connectivity index (χ0) is 33.5. The van der Waals surface area contributed by atoms with Crippen LogP contribution in [0.4, 0.5) is 0 Å². The van der Waals surface area contributed by atoms with Gasteiger partial charge in [-0.1, -0.05) is 115 Å². The van der Waals surface area contributed by atoms with E-state index in [2.05, 4.69) is 47.2 Å². The molecule has 0 unspecified atom stereocenters. The van der Waals surface area contributed by atoms with Gasteiger partial charge in [0.1, 0.15) is 11.5 Å². The second-order valence-electron chi connectivity index (χ2n) is 12.9. The van der Waals surface area contributed by atoms with Gasteiger partial charge in [-0.25, -0.2) is 9.97 Å². The van der Waals surface area contributed by atoms with E-state index in [0.29, 0.717) is 5.56 Å². The Morgan fingerprint density at radius 3 is 1.40 bits per heavy atom. The smallest absolute Gasteiger partial charge is 0.159 e. The van der Waals surface area contributed by atoms with Gasteiger partial charge in [-0.15, -0.1) is 0 Å². The number of aryl methyl sites for hydroxylation is 1. The van der Waals surface area contributed by atoms with E-state index in [0.717, 1.165) is 66.5 Å². The largest absolute Gasteiger partial charge is 0.494 e. The summed E-state index contributed by atoms with van der Waals surface area (Å²) in [6, 6.07) is 26.1. The molecule has 0 bridgehead atoms. The molecule has 5 heteroatoms. The first kappa shape index (κ1) is 36.7. The summed E-state index contributed by atoms with van der Waals surface area (Å²) in [6.45, 7) is 3.76. The molecule has 0 aliphatic rings. The Bertz CT molecular complexity index is 1440. The Labute approximate surface area is 289 Å².